The molecule has 3 aromatic rings. The highest BCUT2D eigenvalue weighted by atomic mass is 79.9. The number of carbonyl (C=O) groups excluding carboxylic acids is 3. The Balaban J connectivity index is 1.07. The SMILES string of the molecule is NC(=O)Cn1cccc1C(=O)N1CCC(CC(=O)N2CCC([C@H]3c4ncc(Br)cc4CCc4cc(Cl)cc(Br)c43)CC2)CC1. The maximum Gasteiger partial charge on any atom is 0.270 e. The maximum absolute atomic E-state index is 13.4. The van der Waals surface area contributed by atoms with Gasteiger partial charge in [-0.3, -0.25) is 19.4 Å². The molecule has 0 saturated carbocycles. The number of hydrogen-bond donors (Lipinski definition) is 1. The van der Waals surface area contributed by atoms with Crippen molar-refractivity contribution in [3.63, 3.8) is 0 Å². The number of nitrogens with two attached hydrogens (primary N) is 1. The second kappa shape index (κ2) is 13.3. The van der Waals surface area contributed by atoms with Crippen LogP contribution in [-0.4, -0.2) is 63.3 Å². The molecule has 1 atom stereocenters. The van der Waals surface area contributed by atoms with Crippen molar-refractivity contribution in [2.24, 2.45) is 17.6 Å². The Morgan fingerprint density at radius 1 is 0.955 bits per heavy atom. The molecule has 1 aromatic carbocycles. The van der Waals surface area contributed by atoms with Crippen LogP contribution >= 0.6 is 43.5 Å². The number of amides is 3. The van der Waals surface area contributed by atoms with Gasteiger partial charge in [-0.2, -0.15) is 0 Å². The summed E-state index contributed by atoms with van der Waals surface area (Å²) in [6.45, 7) is 2.66. The summed E-state index contributed by atoms with van der Waals surface area (Å²) in [5.41, 5.74) is 10.8. The molecular weight excluding hydrogens is 710 g/mol. The van der Waals surface area contributed by atoms with Crippen LogP contribution in [0.5, 0.6) is 0 Å². The Hall–Kier alpha value is -2.69. The van der Waals surface area contributed by atoms with E-state index in [0.29, 0.717) is 31.1 Å². The van der Waals surface area contributed by atoms with Gasteiger partial charge in [-0.25, -0.2) is 0 Å². The summed E-state index contributed by atoms with van der Waals surface area (Å²) in [4.78, 5) is 46.7. The van der Waals surface area contributed by atoms with E-state index in [1.54, 1.807) is 22.9 Å². The van der Waals surface area contributed by atoms with Crippen LogP contribution in [-0.2, 0) is 29.0 Å². The first kappa shape index (κ1) is 31.3. The smallest absolute Gasteiger partial charge is 0.270 e. The molecule has 1 aliphatic carbocycles. The molecule has 8 nitrogen and oxygen atoms in total. The first-order valence-corrected chi connectivity index (χ1v) is 17.3. The summed E-state index contributed by atoms with van der Waals surface area (Å²) in [5, 5.41) is 0.739. The first-order chi connectivity index (χ1) is 21.2. The molecule has 2 aromatic heterocycles. The van der Waals surface area contributed by atoms with Crippen molar-refractivity contribution >= 4 is 61.2 Å². The van der Waals surface area contributed by atoms with Crippen molar-refractivity contribution in [3.05, 3.63) is 84.8 Å². The Bertz CT molecular complexity index is 1580. The van der Waals surface area contributed by atoms with E-state index in [1.807, 2.05) is 22.1 Å². The van der Waals surface area contributed by atoms with Gasteiger partial charge in [-0.15, -0.1) is 0 Å². The summed E-state index contributed by atoms with van der Waals surface area (Å²) in [7, 11) is 0. The predicted octanol–water partition coefficient (Wildman–Crippen LogP) is 5.96. The van der Waals surface area contributed by atoms with Gasteiger partial charge < -0.3 is 20.1 Å². The number of piperidine rings is 2. The van der Waals surface area contributed by atoms with Crippen molar-refractivity contribution in [1.29, 1.82) is 0 Å². The second-order valence-electron chi connectivity index (χ2n) is 12.3. The van der Waals surface area contributed by atoms with E-state index in [0.717, 1.165) is 71.3 Å². The van der Waals surface area contributed by atoms with Gasteiger partial charge in [0, 0.05) is 64.9 Å². The minimum Gasteiger partial charge on any atom is -0.368 e. The second-order valence-corrected chi connectivity index (χ2v) is 14.5. The third-order valence-electron chi connectivity index (χ3n) is 9.52. The van der Waals surface area contributed by atoms with Gasteiger partial charge >= 0.3 is 0 Å². The van der Waals surface area contributed by atoms with Crippen LogP contribution < -0.4 is 5.73 Å². The number of aromatic nitrogens is 2. The molecule has 2 fully saturated rings. The normalized spacial score (nSPS) is 19.3. The molecule has 2 aliphatic heterocycles. The zero-order valence-electron chi connectivity index (χ0n) is 24.5. The molecule has 0 unspecified atom stereocenters. The standard InChI is InChI=1S/C33H36Br2ClN5O3/c34-24-15-23-4-3-22-16-25(36)17-26(35)30(22)31(32(23)38-18-24)21-7-12-39(13-8-21)29(43)14-20-5-10-40(11-6-20)33(44)27-2-1-9-41(27)19-28(37)42/h1-2,9,15-18,20-21,31H,3-8,10-14,19H2,(H2,37,42)/t31-/m1/s1. The summed E-state index contributed by atoms with van der Waals surface area (Å²) in [6.07, 6.45) is 9.36. The highest BCUT2D eigenvalue weighted by Crippen LogP contribution is 2.46. The number of benzene rings is 1. The Labute approximate surface area is 279 Å². The van der Waals surface area contributed by atoms with Crippen molar-refractivity contribution in [3.8, 4) is 0 Å². The van der Waals surface area contributed by atoms with E-state index in [1.165, 1.54) is 16.7 Å². The Kier molecular flexibility index (Phi) is 9.50. The molecule has 3 amide bonds. The van der Waals surface area contributed by atoms with Gasteiger partial charge in [0.25, 0.3) is 5.91 Å². The average Bonchev–Trinajstić information content (AvgIpc) is 3.38. The summed E-state index contributed by atoms with van der Waals surface area (Å²) >= 11 is 13.9. The average molecular weight is 746 g/mol. The lowest BCUT2D eigenvalue weighted by Gasteiger charge is -2.38. The third-order valence-corrected chi connectivity index (χ3v) is 10.8. The molecule has 2 saturated heterocycles. The van der Waals surface area contributed by atoms with Crippen molar-refractivity contribution in [1.82, 2.24) is 19.4 Å². The number of carbonyl (C=O) groups is 3. The van der Waals surface area contributed by atoms with E-state index in [2.05, 4.69) is 44.0 Å². The van der Waals surface area contributed by atoms with Gasteiger partial charge in [0.15, 0.2) is 0 Å². The molecule has 0 bridgehead atoms. The molecule has 44 heavy (non-hydrogen) atoms. The Morgan fingerprint density at radius 2 is 1.66 bits per heavy atom. The van der Waals surface area contributed by atoms with Crippen LogP contribution in [0.25, 0.3) is 0 Å². The van der Waals surface area contributed by atoms with E-state index < -0.39 is 5.91 Å². The van der Waals surface area contributed by atoms with Gasteiger partial charge in [0.2, 0.25) is 11.8 Å². The van der Waals surface area contributed by atoms with Gasteiger partial charge in [0.05, 0.1) is 5.69 Å². The zero-order chi connectivity index (χ0) is 31.0. The number of nitrogens with zero attached hydrogens (tertiary/aromatic N) is 4. The number of pyridine rings is 1. The molecule has 3 aliphatic rings. The lowest BCUT2D eigenvalue weighted by atomic mass is 9.76. The van der Waals surface area contributed by atoms with Crippen LogP contribution in [0.2, 0.25) is 5.02 Å². The predicted molar refractivity (Wildman–Crippen MR) is 177 cm³/mol. The minimum atomic E-state index is -0.483. The Morgan fingerprint density at radius 3 is 2.39 bits per heavy atom. The van der Waals surface area contributed by atoms with Gasteiger partial charge in [-0.1, -0.05) is 27.5 Å². The highest BCUT2D eigenvalue weighted by Gasteiger charge is 2.37. The lowest BCUT2D eigenvalue weighted by Crippen LogP contribution is -2.43. The largest absolute Gasteiger partial charge is 0.368 e. The number of rotatable bonds is 6. The van der Waals surface area contributed by atoms with Crippen LogP contribution in [0.15, 0.2) is 51.7 Å². The van der Waals surface area contributed by atoms with E-state index in [-0.39, 0.29) is 30.2 Å². The fourth-order valence-electron chi connectivity index (χ4n) is 7.30. The molecule has 0 radical (unpaired) electrons. The molecule has 4 heterocycles. The van der Waals surface area contributed by atoms with Crippen molar-refractivity contribution in [2.75, 3.05) is 26.2 Å². The van der Waals surface area contributed by atoms with E-state index >= 15 is 0 Å². The molecule has 11 heteroatoms. The fraction of sp³-hybridized carbons (Fsp3) is 0.455. The molecule has 2 N–H and O–H groups in total. The number of primary amides is 1. The van der Waals surface area contributed by atoms with Crippen molar-refractivity contribution in [2.45, 2.75) is 57.4 Å². The summed E-state index contributed by atoms with van der Waals surface area (Å²) in [6, 6.07) is 9.77. The molecule has 0 spiro atoms. The number of aryl methyl sites for hydroxylation is 2. The van der Waals surface area contributed by atoms with E-state index in [9.17, 15) is 14.4 Å². The maximum atomic E-state index is 13.4. The van der Waals surface area contributed by atoms with E-state index in [4.69, 9.17) is 22.3 Å². The zero-order valence-corrected chi connectivity index (χ0v) is 28.4. The van der Waals surface area contributed by atoms with Gasteiger partial charge in [-0.05, 0) is 113 Å². The minimum absolute atomic E-state index is 0.0184. The molecular formula is C33H36Br2ClN5O3. The molecule has 232 valence electrons. The number of fused-ring (bicyclic) bond motifs is 2. The lowest BCUT2D eigenvalue weighted by molar-refractivity contribution is -0.134. The van der Waals surface area contributed by atoms with Gasteiger partial charge in [0.1, 0.15) is 12.2 Å². The summed E-state index contributed by atoms with van der Waals surface area (Å²) < 4.78 is 3.62. The fourth-order valence-corrected chi connectivity index (χ4v) is 8.80. The van der Waals surface area contributed by atoms with Crippen LogP contribution in [0.3, 0.4) is 0 Å². The summed E-state index contributed by atoms with van der Waals surface area (Å²) in [5.74, 6) is 0.392. The van der Waals surface area contributed by atoms with Crippen LogP contribution in [0.4, 0.5) is 0 Å². The topological polar surface area (TPSA) is 102 Å². The molecule has 6 rings (SSSR count). The quantitative estimate of drug-likeness (QED) is 0.337. The number of halogens is 3. The number of likely N-dealkylation sites (tertiary alicyclic amines) is 2. The van der Waals surface area contributed by atoms with Crippen LogP contribution in [0, 0.1) is 11.8 Å². The van der Waals surface area contributed by atoms with Crippen molar-refractivity contribution < 1.29 is 14.4 Å². The third kappa shape index (κ3) is 6.63. The number of hydrogen-bond acceptors (Lipinski definition) is 4. The highest BCUT2D eigenvalue weighted by molar-refractivity contribution is 9.10. The van der Waals surface area contributed by atoms with Crippen LogP contribution in [0.1, 0.15) is 70.9 Å². The first-order valence-electron chi connectivity index (χ1n) is 15.3. The monoisotopic (exact) mass is 743 g/mol.